The number of aliphatic hydroxyl groups excluding tert-OH is 1. The minimum atomic E-state index is -4.86. The van der Waals surface area contributed by atoms with Gasteiger partial charge in [-0.15, -0.1) is 13.2 Å². The molecule has 0 amide bonds. The van der Waals surface area contributed by atoms with E-state index in [2.05, 4.69) is 4.74 Å². The highest BCUT2D eigenvalue weighted by Gasteiger charge is 2.32. The van der Waals surface area contributed by atoms with Gasteiger partial charge >= 0.3 is 6.36 Å². The maximum Gasteiger partial charge on any atom is 0.573 e. The smallest absolute Gasteiger partial charge is 0.406 e. The Morgan fingerprint density at radius 3 is 2.15 bits per heavy atom. The molecular weight excluding hydrogens is 371 g/mol. The Morgan fingerprint density at radius 1 is 1.08 bits per heavy atom. The number of anilines is 1. The molecule has 0 spiro atoms. The average molecular weight is 389 g/mol. The normalized spacial score (nSPS) is 13.3. The molecule has 1 N–H and O–H groups in total. The highest BCUT2D eigenvalue weighted by Crippen LogP contribution is 2.27. The maximum atomic E-state index is 12.9. The van der Waals surface area contributed by atoms with E-state index >= 15 is 0 Å². The Bertz CT molecular complexity index is 808. The van der Waals surface area contributed by atoms with Crippen LogP contribution in [0.1, 0.15) is 13.3 Å². The summed E-state index contributed by atoms with van der Waals surface area (Å²) in [7, 11) is -4.08. The molecule has 0 radical (unpaired) electrons. The lowest BCUT2D eigenvalue weighted by atomic mass is 10.2. The Kier molecular flexibility index (Phi) is 6.14. The second kappa shape index (κ2) is 7.96. The van der Waals surface area contributed by atoms with E-state index in [1.54, 1.807) is 37.3 Å². The van der Waals surface area contributed by atoms with Crippen molar-refractivity contribution in [1.82, 2.24) is 0 Å². The zero-order valence-corrected chi connectivity index (χ0v) is 14.7. The van der Waals surface area contributed by atoms with Crippen LogP contribution in [0.15, 0.2) is 59.5 Å². The van der Waals surface area contributed by atoms with Crippen LogP contribution < -0.4 is 9.04 Å². The van der Waals surface area contributed by atoms with Gasteiger partial charge in [0.05, 0.1) is 23.2 Å². The lowest BCUT2D eigenvalue weighted by Crippen LogP contribution is -2.37. The van der Waals surface area contributed by atoms with Crippen LogP contribution in [0.2, 0.25) is 0 Å². The molecule has 5 nitrogen and oxygen atoms in total. The molecule has 9 heteroatoms. The van der Waals surface area contributed by atoms with Crippen molar-refractivity contribution in [2.24, 2.45) is 0 Å². The molecule has 1 atom stereocenters. The van der Waals surface area contributed by atoms with Crippen LogP contribution in [0.4, 0.5) is 18.9 Å². The Morgan fingerprint density at radius 2 is 1.65 bits per heavy atom. The molecule has 142 valence electrons. The molecule has 0 aromatic heterocycles. The van der Waals surface area contributed by atoms with E-state index in [4.69, 9.17) is 0 Å². The van der Waals surface area contributed by atoms with Gasteiger partial charge in [0.25, 0.3) is 10.0 Å². The zero-order valence-electron chi connectivity index (χ0n) is 13.8. The molecule has 2 rings (SSSR count). The van der Waals surface area contributed by atoms with Gasteiger partial charge in [0.15, 0.2) is 0 Å². The molecule has 0 fully saturated rings. The quantitative estimate of drug-likeness (QED) is 0.787. The standard InChI is InChI=1S/C17H18F3NO4S/c1-2-14(22)12-21(13-6-4-3-5-7-13)26(23,24)16-10-8-15(9-11-16)25-17(18,19)20/h3-11,14,22H,2,12H2,1H3. The minimum Gasteiger partial charge on any atom is -0.406 e. The number of rotatable bonds is 7. The largest absolute Gasteiger partial charge is 0.573 e. The second-order valence-corrected chi connectivity index (χ2v) is 7.32. The third kappa shape index (κ3) is 5.12. The van der Waals surface area contributed by atoms with E-state index in [1.165, 1.54) is 0 Å². The van der Waals surface area contributed by atoms with Gasteiger partial charge in [-0.05, 0) is 42.8 Å². The van der Waals surface area contributed by atoms with Gasteiger partial charge in [0.1, 0.15) is 5.75 Å². The van der Waals surface area contributed by atoms with Gasteiger partial charge in [-0.2, -0.15) is 0 Å². The molecule has 26 heavy (non-hydrogen) atoms. The van der Waals surface area contributed by atoms with Crippen LogP contribution in [0.5, 0.6) is 5.75 Å². The number of aliphatic hydroxyl groups is 1. The monoisotopic (exact) mass is 389 g/mol. The molecule has 0 saturated carbocycles. The average Bonchev–Trinajstić information content (AvgIpc) is 2.59. The molecule has 2 aromatic rings. The van der Waals surface area contributed by atoms with E-state index in [1.807, 2.05) is 0 Å². The number of benzene rings is 2. The predicted octanol–water partition coefficient (Wildman–Crippen LogP) is 3.55. The highest BCUT2D eigenvalue weighted by atomic mass is 32.2. The third-order valence-corrected chi connectivity index (χ3v) is 5.35. The first kappa shape index (κ1) is 20.1. The van der Waals surface area contributed by atoms with Crippen LogP contribution in [-0.2, 0) is 10.0 Å². The summed E-state index contributed by atoms with van der Waals surface area (Å²) >= 11 is 0. The first-order chi connectivity index (χ1) is 12.1. The number of hydrogen-bond acceptors (Lipinski definition) is 4. The van der Waals surface area contributed by atoms with Gasteiger partial charge in [0, 0.05) is 0 Å². The van der Waals surface area contributed by atoms with Gasteiger partial charge in [-0.25, -0.2) is 8.42 Å². The van der Waals surface area contributed by atoms with Crippen LogP contribution in [0.25, 0.3) is 0 Å². The molecule has 0 heterocycles. The minimum absolute atomic E-state index is 0.177. The van der Waals surface area contributed by atoms with Gasteiger partial charge in [-0.3, -0.25) is 4.31 Å². The van der Waals surface area contributed by atoms with E-state index < -0.39 is 28.2 Å². The Labute approximate surface area is 149 Å². The molecular formula is C17H18F3NO4S. The fourth-order valence-corrected chi connectivity index (χ4v) is 3.70. The number of halogens is 3. The Balaban J connectivity index is 2.37. The summed E-state index contributed by atoms with van der Waals surface area (Å²) < 4.78 is 67.3. The summed E-state index contributed by atoms with van der Waals surface area (Å²) in [6.45, 7) is 1.54. The molecule has 0 saturated heterocycles. The van der Waals surface area contributed by atoms with E-state index in [9.17, 15) is 26.7 Å². The van der Waals surface area contributed by atoms with Crippen LogP contribution >= 0.6 is 0 Å². The fraction of sp³-hybridized carbons (Fsp3) is 0.294. The van der Waals surface area contributed by atoms with Crippen molar-refractivity contribution in [1.29, 1.82) is 0 Å². The van der Waals surface area contributed by atoms with E-state index in [0.29, 0.717) is 12.1 Å². The van der Waals surface area contributed by atoms with Crippen molar-refractivity contribution < 1.29 is 31.4 Å². The maximum absolute atomic E-state index is 12.9. The summed E-state index contributed by atoms with van der Waals surface area (Å²) in [5, 5.41) is 9.92. The first-order valence-corrected chi connectivity index (χ1v) is 9.19. The molecule has 0 aliphatic carbocycles. The van der Waals surface area contributed by atoms with Crippen molar-refractivity contribution >= 4 is 15.7 Å². The van der Waals surface area contributed by atoms with Crippen molar-refractivity contribution in [2.45, 2.75) is 30.7 Å². The van der Waals surface area contributed by atoms with Crippen LogP contribution in [0.3, 0.4) is 0 Å². The predicted molar refractivity (Wildman–Crippen MR) is 90.4 cm³/mol. The summed E-state index contributed by atoms with van der Waals surface area (Å²) in [5.41, 5.74) is 0.343. The number of hydrogen-bond donors (Lipinski definition) is 1. The van der Waals surface area contributed by atoms with Gasteiger partial charge < -0.3 is 9.84 Å². The summed E-state index contributed by atoms with van der Waals surface area (Å²) in [6.07, 6.45) is -5.41. The highest BCUT2D eigenvalue weighted by molar-refractivity contribution is 7.92. The molecule has 0 aliphatic heterocycles. The number of nitrogens with zero attached hydrogens (tertiary/aromatic N) is 1. The van der Waals surface area contributed by atoms with Crippen molar-refractivity contribution in [2.75, 3.05) is 10.8 Å². The van der Waals surface area contributed by atoms with Crippen molar-refractivity contribution in [3.63, 3.8) is 0 Å². The molecule has 0 bridgehead atoms. The van der Waals surface area contributed by atoms with E-state index in [-0.39, 0.29) is 11.4 Å². The SMILES string of the molecule is CCC(O)CN(c1ccccc1)S(=O)(=O)c1ccc(OC(F)(F)F)cc1. The van der Waals surface area contributed by atoms with Gasteiger partial charge in [0.2, 0.25) is 0 Å². The van der Waals surface area contributed by atoms with Crippen molar-refractivity contribution in [3.8, 4) is 5.75 Å². The van der Waals surface area contributed by atoms with Crippen molar-refractivity contribution in [3.05, 3.63) is 54.6 Å². The van der Waals surface area contributed by atoms with Crippen LogP contribution in [-0.4, -0.2) is 32.5 Å². The number of alkyl halides is 3. The second-order valence-electron chi connectivity index (χ2n) is 5.45. The topological polar surface area (TPSA) is 66.8 Å². The lowest BCUT2D eigenvalue weighted by molar-refractivity contribution is -0.274. The molecule has 1 unspecified atom stereocenters. The summed E-state index contributed by atoms with van der Waals surface area (Å²) in [4.78, 5) is -0.209. The Hall–Kier alpha value is -2.26. The lowest BCUT2D eigenvalue weighted by Gasteiger charge is -2.26. The fourth-order valence-electron chi connectivity index (χ4n) is 2.20. The van der Waals surface area contributed by atoms with Crippen LogP contribution in [0, 0.1) is 0 Å². The number of ether oxygens (including phenoxy) is 1. The third-order valence-electron chi connectivity index (χ3n) is 3.54. The molecule has 0 aliphatic rings. The van der Waals surface area contributed by atoms with Gasteiger partial charge in [-0.1, -0.05) is 25.1 Å². The molecule has 2 aromatic carbocycles. The summed E-state index contributed by atoms with van der Waals surface area (Å²) in [5.74, 6) is -0.517. The summed E-state index contributed by atoms with van der Waals surface area (Å²) in [6, 6.07) is 12.1. The zero-order chi connectivity index (χ0) is 19.4. The number of sulfonamides is 1. The first-order valence-electron chi connectivity index (χ1n) is 7.75. The van der Waals surface area contributed by atoms with E-state index in [0.717, 1.165) is 28.6 Å². The number of para-hydroxylation sites is 1.